The lowest BCUT2D eigenvalue weighted by Crippen LogP contribution is -2.12. The normalized spacial score (nSPS) is 18.6. The van der Waals surface area contributed by atoms with E-state index in [4.69, 9.17) is 5.73 Å². The van der Waals surface area contributed by atoms with Crippen LogP contribution in [0.2, 0.25) is 0 Å². The van der Waals surface area contributed by atoms with Crippen molar-refractivity contribution in [2.75, 3.05) is 0 Å². The van der Waals surface area contributed by atoms with Crippen molar-refractivity contribution in [3.63, 3.8) is 0 Å². The van der Waals surface area contributed by atoms with E-state index in [-0.39, 0.29) is 6.04 Å². The van der Waals surface area contributed by atoms with Crippen LogP contribution in [0.5, 0.6) is 0 Å². The van der Waals surface area contributed by atoms with E-state index in [0.29, 0.717) is 0 Å². The summed E-state index contributed by atoms with van der Waals surface area (Å²) < 4.78 is 0. The summed E-state index contributed by atoms with van der Waals surface area (Å²) in [5, 5.41) is 0. The van der Waals surface area contributed by atoms with E-state index in [1.807, 2.05) is 0 Å². The summed E-state index contributed by atoms with van der Waals surface area (Å²) in [6, 6.07) is 8.70. The second-order valence-corrected chi connectivity index (χ2v) is 4.14. The summed E-state index contributed by atoms with van der Waals surface area (Å²) in [5.41, 5.74) is 8.79. The molecular weight excluding hydrogens is 158 g/mol. The maximum absolute atomic E-state index is 6.14. The Kier molecular flexibility index (Phi) is 2.36. The molecule has 0 radical (unpaired) electrons. The van der Waals surface area contributed by atoms with Crippen LogP contribution >= 0.6 is 0 Å². The Hall–Kier alpha value is -0.820. The van der Waals surface area contributed by atoms with E-state index >= 15 is 0 Å². The average molecular weight is 175 g/mol. The van der Waals surface area contributed by atoms with Gasteiger partial charge < -0.3 is 5.73 Å². The molecule has 0 unspecified atom stereocenters. The lowest BCUT2D eigenvalue weighted by Gasteiger charge is -2.13. The molecule has 13 heavy (non-hydrogen) atoms. The molecule has 1 fully saturated rings. The fourth-order valence-corrected chi connectivity index (χ4v) is 1.84. The van der Waals surface area contributed by atoms with Gasteiger partial charge in [0.2, 0.25) is 0 Å². The van der Waals surface area contributed by atoms with Crippen molar-refractivity contribution < 1.29 is 0 Å². The van der Waals surface area contributed by atoms with Crippen LogP contribution in [0.15, 0.2) is 24.3 Å². The number of hydrogen-bond donors (Lipinski definition) is 1. The molecule has 0 spiro atoms. The Balaban J connectivity index is 2.09. The first-order valence-electron chi connectivity index (χ1n) is 5.08. The minimum atomic E-state index is 0.258. The Labute approximate surface area is 80.0 Å². The molecule has 1 nitrogen and oxygen atoms in total. The summed E-state index contributed by atoms with van der Waals surface area (Å²) >= 11 is 0. The molecule has 70 valence electrons. The zero-order valence-corrected chi connectivity index (χ0v) is 8.16. The molecule has 1 heteroatoms. The number of aryl methyl sites for hydroxylation is 1. The van der Waals surface area contributed by atoms with Gasteiger partial charge in [0.1, 0.15) is 0 Å². The highest BCUT2D eigenvalue weighted by Gasteiger charge is 2.24. The van der Waals surface area contributed by atoms with Gasteiger partial charge in [0.25, 0.3) is 0 Å². The molecule has 2 rings (SSSR count). The van der Waals surface area contributed by atoms with Gasteiger partial charge in [-0.3, -0.25) is 0 Å². The van der Waals surface area contributed by atoms with Crippen LogP contribution in [0.1, 0.15) is 36.4 Å². The predicted octanol–water partition coefficient (Wildman–Crippen LogP) is 2.79. The monoisotopic (exact) mass is 175 g/mol. The van der Waals surface area contributed by atoms with Crippen LogP contribution in [0.25, 0.3) is 0 Å². The van der Waals surface area contributed by atoms with Crippen LogP contribution < -0.4 is 5.73 Å². The molecule has 1 aliphatic rings. The van der Waals surface area contributed by atoms with Crippen molar-refractivity contribution in [1.29, 1.82) is 0 Å². The molecule has 0 saturated heterocycles. The third-order valence-corrected chi connectivity index (χ3v) is 2.87. The molecule has 0 aliphatic heterocycles. The minimum absolute atomic E-state index is 0.258. The van der Waals surface area contributed by atoms with Gasteiger partial charge in [-0.1, -0.05) is 37.1 Å². The van der Waals surface area contributed by atoms with Gasteiger partial charge in [0.05, 0.1) is 0 Å². The van der Waals surface area contributed by atoms with Crippen molar-refractivity contribution in [3.8, 4) is 0 Å². The minimum Gasteiger partial charge on any atom is -0.324 e. The maximum Gasteiger partial charge on any atom is 0.0300 e. The first-order valence-corrected chi connectivity index (χ1v) is 5.08. The average Bonchev–Trinajstić information content (AvgIpc) is 2.89. The van der Waals surface area contributed by atoms with Gasteiger partial charge in [-0.05, 0) is 30.4 Å². The second kappa shape index (κ2) is 3.51. The highest BCUT2D eigenvalue weighted by Crippen LogP contribution is 2.37. The lowest BCUT2D eigenvalue weighted by molar-refractivity contribution is 0.594. The maximum atomic E-state index is 6.14. The highest BCUT2D eigenvalue weighted by molar-refractivity contribution is 5.28. The number of hydrogen-bond acceptors (Lipinski definition) is 1. The third-order valence-electron chi connectivity index (χ3n) is 2.87. The molecular formula is C12H17N. The fraction of sp³-hybridized carbons (Fsp3) is 0.500. The largest absolute Gasteiger partial charge is 0.324 e. The zero-order valence-electron chi connectivity index (χ0n) is 8.16. The van der Waals surface area contributed by atoms with E-state index in [1.165, 1.54) is 30.4 Å². The first kappa shape index (κ1) is 8.76. The number of nitrogens with two attached hydrogens (primary N) is 1. The van der Waals surface area contributed by atoms with Crippen LogP contribution in [0, 0.1) is 12.8 Å². The van der Waals surface area contributed by atoms with E-state index in [2.05, 4.69) is 31.2 Å². The summed E-state index contributed by atoms with van der Waals surface area (Å²) in [4.78, 5) is 0. The highest BCUT2D eigenvalue weighted by atomic mass is 14.6. The standard InChI is InChI=1S/C12H17N/c1-9-4-2-3-5-11(9)12(13)8-10-6-7-10/h2-5,10,12H,6-8,13H2,1H3/t12-/m0/s1. The van der Waals surface area contributed by atoms with Gasteiger partial charge in [-0.25, -0.2) is 0 Å². The van der Waals surface area contributed by atoms with Gasteiger partial charge in [-0.15, -0.1) is 0 Å². The Morgan fingerprint density at radius 2 is 2.08 bits per heavy atom. The molecule has 1 saturated carbocycles. The Morgan fingerprint density at radius 1 is 1.38 bits per heavy atom. The molecule has 1 aromatic rings. The van der Waals surface area contributed by atoms with E-state index in [9.17, 15) is 0 Å². The predicted molar refractivity (Wildman–Crippen MR) is 55.4 cm³/mol. The van der Waals surface area contributed by atoms with Crippen LogP contribution in [-0.2, 0) is 0 Å². The second-order valence-electron chi connectivity index (χ2n) is 4.14. The van der Waals surface area contributed by atoms with Crippen molar-refractivity contribution in [1.82, 2.24) is 0 Å². The van der Waals surface area contributed by atoms with E-state index in [0.717, 1.165) is 5.92 Å². The molecule has 1 atom stereocenters. The quantitative estimate of drug-likeness (QED) is 0.751. The first-order chi connectivity index (χ1) is 6.27. The SMILES string of the molecule is Cc1ccccc1[C@@H](N)CC1CC1. The summed E-state index contributed by atoms with van der Waals surface area (Å²) in [6.07, 6.45) is 3.95. The third kappa shape index (κ3) is 2.10. The van der Waals surface area contributed by atoms with Crippen molar-refractivity contribution in [2.24, 2.45) is 11.7 Å². The number of benzene rings is 1. The zero-order chi connectivity index (χ0) is 9.26. The Morgan fingerprint density at radius 3 is 2.69 bits per heavy atom. The van der Waals surface area contributed by atoms with Crippen molar-refractivity contribution in [2.45, 2.75) is 32.2 Å². The van der Waals surface area contributed by atoms with Crippen molar-refractivity contribution >= 4 is 0 Å². The molecule has 0 amide bonds. The molecule has 1 aliphatic carbocycles. The van der Waals surface area contributed by atoms with Crippen LogP contribution in [0.3, 0.4) is 0 Å². The van der Waals surface area contributed by atoms with Crippen molar-refractivity contribution in [3.05, 3.63) is 35.4 Å². The van der Waals surface area contributed by atoms with Gasteiger partial charge in [0.15, 0.2) is 0 Å². The smallest absolute Gasteiger partial charge is 0.0300 e. The van der Waals surface area contributed by atoms with E-state index < -0.39 is 0 Å². The van der Waals surface area contributed by atoms with Crippen LogP contribution in [-0.4, -0.2) is 0 Å². The van der Waals surface area contributed by atoms with Gasteiger partial charge in [0, 0.05) is 6.04 Å². The molecule has 1 aromatic carbocycles. The van der Waals surface area contributed by atoms with Gasteiger partial charge >= 0.3 is 0 Å². The number of rotatable bonds is 3. The lowest BCUT2D eigenvalue weighted by atomic mass is 9.98. The topological polar surface area (TPSA) is 26.0 Å². The summed E-state index contributed by atoms with van der Waals surface area (Å²) in [5.74, 6) is 0.912. The molecule has 0 aromatic heterocycles. The summed E-state index contributed by atoms with van der Waals surface area (Å²) in [7, 11) is 0. The van der Waals surface area contributed by atoms with Gasteiger partial charge in [-0.2, -0.15) is 0 Å². The molecule has 2 N–H and O–H groups in total. The summed E-state index contributed by atoms with van der Waals surface area (Å²) in [6.45, 7) is 2.14. The van der Waals surface area contributed by atoms with E-state index in [1.54, 1.807) is 0 Å². The van der Waals surface area contributed by atoms with Crippen LogP contribution in [0.4, 0.5) is 0 Å². The molecule has 0 heterocycles. The molecule has 0 bridgehead atoms. The fourth-order valence-electron chi connectivity index (χ4n) is 1.84. The Bertz CT molecular complexity index is 289.